The van der Waals surface area contributed by atoms with Gasteiger partial charge >= 0.3 is 0 Å². The van der Waals surface area contributed by atoms with Crippen molar-refractivity contribution in [2.24, 2.45) is 5.92 Å². The van der Waals surface area contributed by atoms with Crippen LogP contribution in [0.3, 0.4) is 0 Å². The lowest BCUT2D eigenvalue weighted by Crippen LogP contribution is -2.31. The fourth-order valence-corrected chi connectivity index (χ4v) is 2.87. The second-order valence-electron chi connectivity index (χ2n) is 5.29. The summed E-state index contributed by atoms with van der Waals surface area (Å²) < 4.78 is 0. The maximum atomic E-state index is 10.7. The third kappa shape index (κ3) is 2.30. The predicted molar refractivity (Wildman–Crippen MR) is 67.3 cm³/mol. The Kier molecular flexibility index (Phi) is 3.34. The summed E-state index contributed by atoms with van der Waals surface area (Å²) in [6, 6.07) is 8.47. The van der Waals surface area contributed by atoms with E-state index in [0.717, 1.165) is 31.2 Å². The smallest absolute Gasteiger partial charge is 0.0899 e. The largest absolute Gasteiger partial charge is 0.385 e. The third-order valence-corrected chi connectivity index (χ3v) is 3.85. The molecule has 0 bridgehead atoms. The molecule has 0 aromatic heterocycles. The molecule has 2 atom stereocenters. The summed E-state index contributed by atoms with van der Waals surface area (Å²) in [6.07, 6.45) is 5.29. The molecule has 0 spiro atoms. The summed E-state index contributed by atoms with van der Waals surface area (Å²) >= 11 is 0. The zero-order chi connectivity index (χ0) is 11.6. The van der Waals surface area contributed by atoms with Gasteiger partial charge in [-0.1, -0.05) is 44.5 Å². The minimum absolute atomic E-state index is 0.567. The van der Waals surface area contributed by atoms with Crippen LogP contribution in [0.4, 0.5) is 0 Å². The van der Waals surface area contributed by atoms with E-state index in [1.54, 1.807) is 0 Å². The molecule has 2 unspecified atom stereocenters. The molecule has 1 heteroatoms. The highest BCUT2D eigenvalue weighted by Gasteiger charge is 2.34. The lowest BCUT2D eigenvalue weighted by Gasteiger charge is -2.36. The standard InChI is InChI=1S/C15H22O/c1-3-13-7-4-8-14(10-13)15(16)9-5-6-12(2)11-15/h4,7-8,10,12,16H,3,5-6,9,11H2,1-2H3. The quantitative estimate of drug-likeness (QED) is 0.803. The summed E-state index contributed by atoms with van der Waals surface area (Å²) in [5.41, 5.74) is 1.88. The van der Waals surface area contributed by atoms with Gasteiger partial charge < -0.3 is 5.11 Å². The van der Waals surface area contributed by atoms with E-state index in [4.69, 9.17) is 0 Å². The fraction of sp³-hybridized carbons (Fsp3) is 0.600. The maximum Gasteiger partial charge on any atom is 0.0899 e. The van der Waals surface area contributed by atoms with E-state index < -0.39 is 5.60 Å². The minimum atomic E-state index is -0.567. The van der Waals surface area contributed by atoms with Gasteiger partial charge in [-0.3, -0.25) is 0 Å². The van der Waals surface area contributed by atoms with Crippen molar-refractivity contribution in [2.75, 3.05) is 0 Å². The SMILES string of the molecule is CCc1cccc(C2(O)CCCC(C)C2)c1. The van der Waals surface area contributed by atoms with Crippen molar-refractivity contribution in [1.82, 2.24) is 0 Å². The molecule has 1 aliphatic carbocycles. The van der Waals surface area contributed by atoms with Crippen molar-refractivity contribution in [1.29, 1.82) is 0 Å². The van der Waals surface area contributed by atoms with Crippen LogP contribution in [0, 0.1) is 5.92 Å². The number of hydrogen-bond acceptors (Lipinski definition) is 1. The molecule has 2 rings (SSSR count). The highest BCUT2D eigenvalue weighted by atomic mass is 16.3. The first-order valence-corrected chi connectivity index (χ1v) is 6.46. The van der Waals surface area contributed by atoms with E-state index in [9.17, 15) is 5.11 Å². The van der Waals surface area contributed by atoms with Crippen molar-refractivity contribution < 1.29 is 5.11 Å². The first-order valence-electron chi connectivity index (χ1n) is 6.46. The highest BCUT2D eigenvalue weighted by molar-refractivity contribution is 5.28. The molecule has 1 aromatic rings. The third-order valence-electron chi connectivity index (χ3n) is 3.85. The van der Waals surface area contributed by atoms with Crippen LogP contribution in [0.5, 0.6) is 0 Å². The Hall–Kier alpha value is -0.820. The van der Waals surface area contributed by atoms with Crippen LogP contribution in [-0.2, 0) is 12.0 Å². The predicted octanol–water partition coefficient (Wildman–Crippen LogP) is 3.65. The Morgan fingerprint density at radius 3 is 2.94 bits per heavy atom. The molecular formula is C15H22O. The molecule has 1 saturated carbocycles. The molecule has 1 aromatic carbocycles. The molecule has 0 heterocycles. The molecule has 0 aliphatic heterocycles. The van der Waals surface area contributed by atoms with Crippen LogP contribution in [-0.4, -0.2) is 5.11 Å². The first kappa shape index (κ1) is 11.7. The normalized spacial score (nSPS) is 30.3. The van der Waals surface area contributed by atoms with Crippen LogP contribution < -0.4 is 0 Å². The van der Waals surface area contributed by atoms with Crippen molar-refractivity contribution in [3.63, 3.8) is 0 Å². The van der Waals surface area contributed by atoms with Crippen LogP contribution in [0.15, 0.2) is 24.3 Å². The first-order chi connectivity index (χ1) is 7.64. The number of rotatable bonds is 2. The molecular weight excluding hydrogens is 196 g/mol. The van der Waals surface area contributed by atoms with E-state index in [1.807, 2.05) is 0 Å². The monoisotopic (exact) mass is 218 g/mol. The van der Waals surface area contributed by atoms with Crippen LogP contribution in [0.1, 0.15) is 50.7 Å². The lowest BCUT2D eigenvalue weighted by molar-refractivity contribution is -0.0179. The van der Waals surface area contributed by atoms with Gasteiger partial charge in [-0.15, -0.1) is 0 Å². The highest BCUT2D eigenvalue weighted by Crippen LogP contribution is 2.39. The van der Waals surface area contributed by atoms with Gasteiger partial charge in [0, 0.05) is 0 Å². The van der Waals surface area contributed by atoms with Gasteiger partial charge in [0.25, 0.3) is 0 Å². The zero-order valence-corrected chi connectivity index (χ0v) is 10.4. The van der Waals surface area contributed by atoms with E-state index >= 15 is 0 Å². The van der Waals surface area contributed by atoms with Crippen LogP contribution in [0.25, 0.3) is 0 Å². The van der Waals surface area contributed by atoms with E-state index in [-0.39, 0.29) is 0 Å². The van der Waals surface area contributed by atoms with E-state index in [1.165, 1.54) is 12.0 Å². The Labute approximate surface area is 98.5 Å². The van der Waals surface area contributed by atoms with Crippen LogP contribution in [0.2, 0.25) is 0 Å². The van der Waals surface area contributed by atoms with Crippen LogP contribution >= 0.6 is 0 Å². The molecule has 1 fully saturated rings. The zero-order valence-electron chi connectivity index (χ0n) is 10.4. The van der Waals surface area contributed by atoms with Crippen molar-refractivity contribution in [2.45, 2.75) is 51.6 Å². The van der Waals surface area contributed by atoms with Crippen molar-refractivity contribution in [3.8, 4) is 0 Å². The molecule has 0 saturated heterocycles. The minimum Gasteiger partial charge on any atom is -0.385 e. The maximum absolute atomic E-state index is 10.7. The van der Waals surface area contributed by atoms with Gasteiger partial charge in [0.05, 0.1) is 5.60 Å². The lowest BCUT2D eigenvalue weighted by atomic mass is 9.75. The van der Waals surface area contributed by atoms with Crippen molar-refractivity contribution >= 4 is 0 Å². The number of hydrogen-bond donors (Lipinski definition) is 1. The Balaban J connectivity index is 2.27. The summed E-state index contributed by atoms with van der Waals surface area (Å²) in [4.78, 5) is 0. The second kappa shape index (κ2) is 4.58. The van der Waals surface area contributed by atoms with Crippen molar-refractivity contribution in [3.05, 3.63) is 35.4 Å². The van der Waals surface area contributed by atoms with Gasteiger partial charge in [0.1, 0.15) is 0 Å². The van der Waals surface area contributed by atoms with Gasteiger partial charge in [0.15, 0.2) is 0 Å². The summed E-state index contributed by atoms with van der Waals surface area (Å²) in [6.45, 7) is 4.40. The topological polar surface area (TPSA) is 20.2 Å². The van der Waals surface area contributed by atoms with Gasteiger partial charge in [-0.2, -0.15) is 0 Å². The molecule has 1 nitrogen and oxygen atoms in total. The van der Waals surface area contributed by atoms with Gasteiger partial charge in [0.2, 0.25) is 0 Å². The Bertz CT molecular complexity index is 358. The molecule has 16 heavy (non-hydrogen) atoms. The number of aryl methyl sites for hydroxylation is 1. The molecule has 1 N–H and O–H groups in total. The molecule has 88 valence electrons. The Morgan fingerprint density at radius 2 is 2.25 bits per heavy atom. The van der Waals surface area contributed by atoms with Gasteiger partial charge in [-0.25, -0.2) is 0 Å². The van der Waals surface area contributed by atoms with Gasteiger partial charge in [-0.05, 0) is 42.7 Å². The second-order valence-corrected chi connectivity index (χ2v) is 5.29. The molecule has 0 amide bonds. The summed E-state index contributed by atoms with van der Waals surface area (Å²) in [7, 11) is 0. The average Bonchev–Trinajstić information content (AvgIpc) is 2.29. The summed E-state index contributed by atoms with van der Waals surface area (Å²) in [5.74, 6) is 0.643. The van der Waals surface area contributed by atoms with E-state index in [2.05, 4.69) is 38.1 Å². The molecule has 1 aliphatic rings. The average molecular weight is 218 g/mol. The Morgan fingerprint density at radius 1 is 1.44 bits per heavy atom. The number of aliphatic hydroxyl groups is 1. The summed E-state index contributed by atoms with van der Waals surface area (Å²) in [5, 5.41) is 10.7. The van der Waals surface area contributed by atoms with E-state index in [0.29, 0.717) is 5.92 Å². The number of benzene rings is 1. The fourth-order valence-electron chi connectivity index (χ4n) is 2.87. The molecule has 0 radical (unpaired) electrons.